The number of nitrogens with one attached hydrogen (secondary N) is 3. The quantitative estimate of drug-likeness (QED) is 0.377. The summed E-state index contributed by atoms with van der Waals surface area (Å²) < 4.78 is 0. The van der Waals surface area contributed by atoms with Crippen LogP contribution in [-0.2, 0) is 22.4 Å². The van der Waals surface area contributed by atoms with Crippen molar-refractivity contribution in [3.8, 4) is 0 Å². The molecule has 3 aromatic carbocycles. The maximum atomic E-state index is 14.1. The first kappa shape index (κ1) is 20.1. The first-order chi connectivity index (χ1) is 17.2. The van der Waals surface area contributed by atoms with Gasteiger partial charge in [0.1, 0.15) is 12.1 Å². The molecule has 0 aliphatic carbocycles. The van der Waals surface area contributed by atoms with E-state index in [0.29, 0.717) is 12.8 Å². The van der Waals surface area contributed by atoms with E-state index < -0.39 is 12.1 Å². The van der Waals surface area contributed by atoms with Crippen LogP contribution in [0.15, 0.2) is 85.1 Å². The molecular weight excluding hydrogens is 436 g/mol. The van der Waals surface area contributed by atoms with Crippen molar-refractivity contribution in [2.24, 2.45) is 0 Å². The molecule has 0 radical (unpaired) electrons. The monoisotopic (exact) mass is 460 g/mol. The number of carbonyl (C=O) groups is 2. The van der Waals surface area contributed by atoms with Gasteiger partial charge in [-0.1, -0.05) is 66.7 Å². The van der Waals surface area contributed by atoms with Crippen molar-refractivity contribution in [2.75, 3.05) is 0 Å². The van der Waals surface area contributed by atoms with Gasteiger partial charge in [-0.05, 0) is 28.8 Å². The van der Waals surface area contributed by atoms with Crippen LogP contribution in [0.2, 0.25) is 0 Å². The van der Waals surface area contributed by atoms with E-state index in [4.69, 9.17) is 0 Å². The number of hydrogen-bond acceptors (Lipinski definition) is 2. The molecule has 0 saturated carbocycles. The highest BCUT2D eigenvalue weighted by Gasteiger charge is 2.49. The molecule has 0 spiro atoms. The van der Waals surface area contributed by atoms with Crippen LogP contribution in [0.4, 0.5) is 0 Å². The summed E-state index contributed by atoms with van der Waals surface area (Å²) in [5, 5.41) is 5.25. The third kappa shape index (κ3) is 3.03. The number of carbonyl (C=O) groups excluding carboxylic acids is 2. The lowest BCUT2D eigenvalue weighted by Crippen LogP contribution is -2.66. The Morgan fingerprint density at radius 2 is 1.54 bits per heavy atom. The Hall–Kier alpha value is -4.32. The number of amides is 2. The molecule has 35 heavy (non-hydrogen) atoms. The molecule has 3 N–H and O–H groups in total. The molecule has 2 amide bonds. The van der Waals surface area contributed by atoms with Gasteiger partial charge in [0.15, 0.2) is 0 Å². The minimum atomic E-state index is -0.616. The molecular formula is C29H24N4O2. The van der Waals surface area contributed by atoms with Crippen LogP contribution in [-0.4, -0.2) is 38.8 Å². The summed E-state index contributed by atoms with van der Waals surface area (Å²) in [5.74, 6) is -0.135. The summed E-state index contributed by atoms with van der Waals surface area (Å²) in [7, 11) is 0. The van der Waals surface area contributed by atoms with Crippen LogP contribution in [0.5, 0.6) is 0 Å². The first-order valence-corrected chi connectivity index (χ1v) is 12.0. The van der Waals surface area contributed by atoms with Crippen LogP contribution in [0.3, 0.4) is 0 Å². The van der Waals surface area contributed by atoms with E-state index in [-0.39, 0.29) is 17.9 Å². The molecule has 3 atom stereocenters. The smallest absolute Gasteiger partial charge is 0.247 e. The second kappa shape index (κ2) is 7.60. The molecule has 0 bridgehead atoms. The molecule has 7 rings (SSSR count). The Balaban J connectivity index is 1.34. The Morgan fingerprint density at radius 3 is 2.37 bits per heavy atom. The van der Waals surface area contributed by atoms with Gasteiger partial charge >= 0.3 is 0 Å². The van der Waals surface area contributed by atoms with Crippen molar-refractivity contribution < 1.29 is 9.59 Å². The van der Waals surface area contributed by atoms with Gasteiger partial charge in [0.2, 0.25) is 11.8 Å². The van der Waals surface area contributed by atoms with Gasteiger partial charge in [0.25, 0.3) is 0 Å². The minimum Gasteiger partial charge on any atom is -0.361 e. The van der Waals surface area contributed by atoms with Crippen LogP contribution < -0.4 is 5.32 Å². The van der Waals surface area contributed by atoms with Gasteiger partial charge in [-0.15, -0.1) is 0 Å². The zero-order chi connectivity index (χ0) is 23.5. The van der Waals surface area contributed by atoms with Crippen molar-refractivity contribution >= 4 is 33.6 Å². The van der Waals surface area contributed by atoms with E-state index in [2.05, 4.69) is 27.4 Å². The molecule has 6 nitrogen and oxygen atoms in total. The summed E-state index contributed by atoms with van der Waals surface area (Å²) in [4.78, 5) is 36.3. The third-order valence-corrected chi connectivity index (χ3v) is 7.52. The third-order valence-electron chi connectivity index (χ3n) is 7.52. The largest absolute Gasteiger partial charge is 0.361 e. The normalized spacial score (nSPS) is 21.7. The Kier molecular flexibility index (Phi) is 4.36. The van der Waals surface area contributed by atoms with E-state index in [0.717, 1.165) is 44.2 Å². The van der Waals surface area contributed by atoms with Crippen LogP contribution in [0.1, 0.15) is 28.4 Å². The maximum Gasteiger partial charge on any atom is 0.247 e. The topological polar surface area (TPSA) is 81.0 Å². The number of aromatic amines is 2. The van der Waals surface area contributed by atoms with Crippen molar-refractivity contribution in [1.29, 1.82) is 0 Å². The molecule has 4 heterocycles. The van der Waals surface area contributed by atoms with E-state index in [9.17, 15) is 9.59 Å². The fourth-order valence-electron chi connectivity index (χ4n) is 5.92. The number of hydrogen-bond donors (Lipinski definition) is 3. The van der Waals surface area contributed by atoms with Gasteiger partial charge < -0.3 is 20.2 Å². The van der Waals surface area contributed by atoms with E-state index >= 15 is 0 Å². The number of benzene rings is 3. The number of nitrogens with zero attached hydrogens (tertiary/aromatic N) is 1. The van der Waals surface area contributed by atoms with E-state index in [1.165, 1.54) is 0 Å². The highest BCUT2D eigenvalue weighted by atomic mass is 16.2. The summed E-state index contributed by atoms with van der Waals surface area (Å²) in [6, 6.07) is 24.7. The summed E-state index contributed by atoms with van der Waals surface area (Å²) >= 11 is 0. The average Bonchev–Trinajstić information content (AvgIpc) is 3.48. The first-order valence-electron chi connectivity index (χ1n) is 12.0. The number of piperazine rings is 1. The lowest BCUT2D eigenvalue weighted by Gasteiger charge is -2.46. The molecule has 5 aromatic rings. The summed E-state index contributed by atoms with van der Waals surface area (Å²) in [5.41, 5.74) is 6.20. The summed E-state index contributed by atoms with van der Waals surface area (Å²) in [6.07, 6.45) is 2.88. The van der Waals surface area contributed by atoms with Gasteiger partial charge in [-0.25, -0.2) is 0 Å². The molecule has 172 valence electrons. The molecule has 1 fully saturated rings. The Labute approximate surface area is 202 Å². The number of fused-ring (bicyclic) bond motifs is 5. The number of para-hydroxylation sites is 2. The predicted octanol–water partition coefficient (Wildman–Crippen LogP) is 4.23. The zero-order valence-electron chi connectivity index (χ0n) is 19.0. The second-order valence-corrected chi connectivity index (χ2v) is 9.47. The van der Waals surface area contributed by atoms with Crippen molar-refractivity contribution in [3.05, 3.63) is 107 Å². The molecule has 1 saturated heterocycles. The predicted molar refractivity (Wildman–Crippen MR) is 135 cm³/mol. The van der Waals surface area contributed by atoms with E-state index in [1.54, 1.807) is 0 Å². The molecule has 2 aliphatic rings. The standard InChI is InChI=1S/C29H24N4O2/c34-28-25-15-21-20-11-5-7-13-23(20)31-26(21)27(17-8-2-1-3-9-17)33(25)29(35)24(32-28)14-18-16-30-22-12-6-4-10-19(18)22/h1-13,16,24-25,27,30-31H,14-15H2,(H,32,34)/t24?,25-,27?/m0/s1. The Bertz CT molecular complexity index is 1600. The maximum absolute atomic E-state index is 14.1. The number of H-pyrrole nitrogens is 2. The zero-order valence-corrected chi connectivity index (χ0v) is 19.0. The van der Waals surface area contributed by atoms with Crippen molar-refractivity contribution in [1.82, 2.24) is 20.2 Å². The van der Waals surface area contributed by atoms with Crippen molar-refractivity contribution in [2.45, 2.75) is 31.0 Å². The highest BCUT2D eigenvalue weighted by molar-refractivity contribution is 6.00. The van der Waals surface area contributed by atoms with Gasteiger partial charge in [-0.2, -0.15) is 0 Å². The highest BCUT2D eigenvalue weighted by Crippen LogP contribution is 2.42. The Morgan fingerprint density at radius 1 is 0.829 bits per heavy atom. The molecule has 2 unspecified atom stereocenters. The lowest BCUT2D eigenvalue weighted by molar-refractivity contribution is -0.152. The fraction of sp³-hybridized carbons (Fsp3) is 0.172. The van der Waals surface area contributed by atoms with E-state index in [1.807, 2.05) is 77.8 Å². The molecule has 2 aromatic heterocycles. The van der Waals surface area contributed by atoms with Crippen molar-refractivity contribution in [3.63, 3.8) is 0 Å². The summed E-state index contributed by atoms with van der Waals surface area (Å²) in [6.45, 7) is 0. The van der Waals surface area contributed by atoms with Gasteiger partial charge in [-0.3, -0.25) is 9.59 Å². The lowest BCUT2D eigenvalue weighted by atomic mass is 9.85. The average molecular weight is 461 g/mol. The van der Waals surface area contributed by atoms with Crippen LogP contribution >= 0.6 is 0 Å². The number of aromatic nitrogens is 2. The van der Waals surface area contributed by atoms with Crippen LogP contribution in [0.25, 0.3) is 21.8 Å². The number of rotatable bonds is 3. The van der Waals surface area contributed by atoms with Gasteiger partial charge in [0.05, 0.1) is 6.04 Å². The van der Waals surface area contributed by atoms with Gasteiger partial charge in [0, 0.05) is 46.5 Å². The van der Waals surface area contributed by atoms with Crippen LogP contribution in [0, 0.1) is 0 Å². The molecule has 2 aliphatic heterocycles. The SMILES string of the molecule is O=C1NC(Cc2c[nH]c3ccccc23)C(=O)N2C(c3ccccc3)c3[nH]c4ccccc4c3C[C@@H]12. The second-order valence-electron chi connectivity index (χ2n) is 9.47. The molecule has 6 heteroatoms. The fourth-order valence-corrected chi connectivity index (χ4v) is 5.92. The minimum absolute atomic E-state index is 0.0435.